The van der Waals surface area contributed by atoms with Crippen molar-refractivity contribution < 1.29 is 5.11 Å². The molecule has 20 heavy (non-hydrogen) atoms. The number of benzene rings is 1. The summed E-state index contributed by atoms with van der Waals surface area (Å²) in [6.45, 7) is 0. The van der Waals surface area contributed by atoms with Gasteiger partial charge in [0.2, 0.25) is 5.88 Å². The van der Waals surface area contributed by atoms with Crippen molar-refractivity contribution in [2.24, 2.45) is 0 Å². The van der Waals surface area contributed by atoms with Gasteiger partial charge in [0.1, 0.15) is 11.3 Å². The van der Waals surface area contributed by atoms with Gasteiger partial charge in [-0.05, 0) is 17.7 Å². The van der Waals surface area contributed by atoms with Crippen LogP contribution in [-0.2, 0) is 0 Å². The Morgan fingerprint density at radius 1 is 1.35 bits per heavy atom. The maximum atomic E-state index is 12.2. The quantitative estimate of drug-likeness (QED) is 0.745. The van der Waals surface area contributed by atoms with Crippen LogP contribution in [0.1, 0.15) is 0 Å². The highest BCUT2D eigenvalue weighted by Crippen LogP contribution is 2.27. The van der Waals surface area contributed by atoms with Gasteiger partial charge in [0.05, 0.1) is 5.51 Å². The van der Waals surface area contributed by atoms with Crippen molar-refractivity contribution >= 4 is 27.3 Å². The third kappa shape index (κ3) is 2.37. The van der Waals surface area contributed by atoms with E-state index in [0.29, 0.717) is 11.3 Å². The average molecular weight is 350 g/mol. The molecule has 5 nitrogen and oxygen atoms in total. The summed E-state index contributed by atoms with van der Waals surface area (Å²) >= 11 is 4.72. The number of nitrogens with zero attached hydrogens (tertiary/aromatic N) is 2. The summed E-state index contributed by atoms with van der Waals surface area (Å²) < 4.78 is 0.817. The molecule has 7 heteroatoms. The Morgan fingerprint density at radius 3 is 2.85 bits per heavy atom. The van der Waals surface area contributed by atoms with Crippen molar-refractivity contribution in [3.8, 4) is 28.5 Å². The van der Waals surface area contributed by atoms with E-state index < -0.39 is 5.56 Å². The van der Waals surface area contributed by atoms with Gasteiger partial charge in [-0.2, -0.15) is 4.98 Å². The number of rotatable bonds is 2. The van der Waals surface area contributed by atoms with Gasteiger partial charge in [-0.15, -0.1) is 11.3 Å². The Hall–Kier alpha value is -1.99. The van der Waals surface area contributed by atoms with E-state index in [1.54, 1.807) is 29.1 Å². The molecule has 100 valence electrons. The molecule has 0 spiro atoms. The summed E-state index contributed by atoms with van der Waals surface area (Å²) in [5, 5.41) is 11.8. The van der Waals surface area contributed by atoms with Gasteiger partial charge in [-0.25, -0.2) is 4.98 Å². The number of nitrogens with one attached hydrogen (secondary N) is 1. The van der Waals surface area contributed by atoms with Crippen LogP contribution in [0.25, 0.3) is 22.6 Å². The number of H-pyrrole nitrogens is 1. The maximum Gasteiger partial charge on any atom is 0.262 e. The number of aromatic hydroxyl groups is 1. The van der Waals surface area contributed by atoms with Gasteiger partial charge in [-0.3, -0.25) is 4.79 Å². The number of halogens is 1. The first-order valence-electron chi connectivity index (χ1n) is 5.63. The van der Waals surface area contributed by atoms with Gasteiger partial charge >= 0.3 is 0 Å². The van der Waals surface area contributed by atoms with Crippen LogP contribution in [-0.4, -0.2) is 20.1 Å². The molecule has 0 aliphatic rings. The van der Waals surface area contributed by atoms with E-state index in [0.717, 1.165) is 4.47 Å². The number of aromatic nitrogens is 3. The monoisotopic (exact) mass is 349 g/mol. The largest absolute Gasteiger partial charge is 0.493 e. The first kappa shape index (κ1) is 13.0. The van der Waals surface area contributed by atoms with Crippen LogP contribution in [0.4, 0.5) is 0 Å². The minimum absolute atomic E-state index is 0.144. The molecular weight excluding hydrogens is 342 g/mol. The van der Waals surface area contributed by atoms with Crippen molar-refractivity contribution in [1.29, 1.82) is 0 Å². The van der Waals surface area contributed by atoms with Gasteiger partial charge in [-0.1, -0.05) is 28.1 Å². The van der Waals surface area contributed by atoms with Crippen molar-refractivity contribution in [2.45, 2.75) is 0 Å². The van der Waals surface area contributed by atoms with Crippen LogP contribution in [0.5, 0.6) is 5.88 Å². The van der Waals surface area contributed by atoms with Crippen molar-refractivity contribution in [1.82, 2.24) is 15.0 Å². The second-order valence-corrected chi connectivity index (χ2v) is 5.63. The molecule has 0 aliphatic heterocycles. The molecule has 0 saturated heterocycles. The van der Waals surface area contributed by atoms with Gasteiger partial charge in [0, 0.05) is 9.85 Å². The molecular formula is C13H8BrN3O2S. The Balaban J connectivity index is 2.17. The van der Waals surface area contributed by atoms with Crippen molar-refractivity contribution in [3.63, 3.8) is 0 Å². The zero-order valence-electron chi connectivity index (χ0n) is 10.0. The van der Waals surface area contributed by atoms with E-state index in [-0.39, 0.29) is 17.3 Å². The standard InChI is InChI=1S/C13H8BrN3O2S/c14-8-3-1-2-7(4-8)10-12(18)16-11(17-13(10)19)9-5-20-6-15-9/h1-6H,(H2,16,17,18,19). The first-order chi connectivity index (χ1) is 9.65. The second-order valence-electron chi connectivity index (χ2n) is 4.00. The van der Waals surface area contributed by atoms with E-state index >= 15 is 0 Å². The average Bonchev–Trinajstić information content (AvgIpc) is 2.91. The van der Waals surface area contributed by atoms with E-state index in [1.165, 1.54) is 11.3 Å². The normalized spacial score (nSPS) is 10.7. The highest BCUT2D eigenvalue weighted by molar-refractivity contribution is 9.10. The fraction of sp³-hybridized carbons (Fsp3) is 0. The molecule has 1 aromatic carbocycles. The molecule has 0 atom stereocenters. The lowest BCUT2D eigenvalue weighted by Crippen LogP contribution is -2.12. The molecule has 0 aliphatic carbocycles. The van der Waals surface area contributed by atoms with Gasteiger partial charge in [0.25, 0.3) is 5.56 Å². The fourth-order valence-corrected chi connectivity index (χ4v) is 2.75. The number of thiazole rings is 1. The van der Waals surface area contributed by atoms with E-state index in [9.17, 15) is 9.90 Å². The Kier molecular flexibility index (Phi) is 3.37. The predicted octanol–water partition coefficient (Wildman–Crippen LogP) is 3.03. The molecule has 2 N–H and O–H groups in total. The summed E-state index contributed by atoms with van der Waals surface area (Å²) in [6.07, 6.45) is 0. The molecule has 0 fully saturated rings. The summed E-state index contributed by atoms with van der Waals surface area (Å²) in [4.78, 5) is 22.9. The third-order valence-electron chi connectivity index (χ3n) is 2.69. The summed E-state index contributed by atoms with van der Waals surface area (Å²) in [5.74, 6) is -0.0534. The molecule has 3 aromatic rings. The van der Waals surface area contributed by atoms with Crippen LogP contribution in [0.15, 0.2) is 44.4 Å². The lowest BCUT2D eigenvalue weighted by atomic mass is 10.1. The fourth-order valence-electron chi connectivity index (χ4n) is 1.82. The minimum Gasteiger partial charge on any atom is -0.493 e. The van der Waals surface area contributed by atoms with E-state index in [4.69, 9.17) is 0 Å². The SMILES string of the molecule is O=c1[nH]c(-c2cscn2)nc(O)c1-c1cccc(Br)c1. The van der Waals surface area contributed by atoms with E-state index in [2.05, 4.69) is 30.9 Å². The van der Waals surface area contributed by atoms with Gasteiger partial charge < -0.3 is 10.1 Å². The Morgan fingerprint density at radius 2 is 2.20 bits per heavy atom. The van der Waals surface area contributed by atoms with Crippen LogP contribution >= 0.6 is 27.3 Å². The van der Waals surface area contributed by atoms with Crippen LogP contribution < -0.4 is 5.56 Å². The van der Waals surface area contributed by atoms with Crippen molar-refractivity contribution in [3.05, 3.63) is 50.0 Å². The van der Waals surface area contributed by atoms with Crippen LogP contribution in [0.2, 0.25) is 0 Å². The molecule has 2 aromatic heterocycles. The molecule has 0 bridgehead atoms. The Labute approximate surface area is 126 Å². The van der Waals surface area contributed by atoms with Crippen LogP contribution in [0, 0.1) is 0 Å². The highest BCUT2D eigenvalue weighted by Gasteiger charge is 2.14. The molecule has 0 radical (unpaired) electrons. The zero-order valence-corrected chi connectivity index (χ0v) is 12.4. The number of aromatic amines is 1. The molecule has 0 amide bonds. The third-order valence-corrected chi connectivity index (χ3v) is 3.77. The lowest BCUT2D eigenvalue weighted by molar-refractivity contribution is 0.454. The highest BCUT2D eigenvalue weighted by atomic mass is 79.9. The lowest BCUT2D eigenvalue weighted by Gasteiger charge is -2.05. The topological polar surface area (TPSA) is 78.9 Å². The van der Waals surface area contributed by atoms with Crippen LogP contribution in [0.3, 0.4) is 0 Å². The number of hydrogen-bond donors (Lipinski definition) is 2. The van der Waals surface area contributed by atoms with E-state index in [1.807, 2.05) is 6.07 Å². The minimum atomic E-state index is -0.404. The summed E-state index contributed by atoms with van der Waals surface area (Å²) in [7, 11) is 0. The first-order valence-corrected chi connectivity index (χ1v) is 7.36. The number of hydrogen-bond acceptors (Lipinski definition) is 5. The van der Waals surface area contributed by atoms with Crippen molar-refractivity contribution in [2.75, 3.05) is 0 Å². The molecule has 0 saturated carbocycles. The zero-order chi connectivity index (χ0) is 14.1. The van der Waals surface area contributed by atoms with Gasteiger partial charge in [0.15, 0.2) is 5.82 Å². The molecule has 2 heterocycles. The molecule has 3 rings (SSSR count). The Bertz CT molecular complexity index is 815. The molecule has 0 unspecified atom stereocenters. The predicted molar refractivity (Wildman–Crippen MR) is 80.8 cm³/mol. The second kappa shape index (κ2) is 5.18. The summed E-state index contributed by atoms with van der Waals surface area (Å²) in [5.41, 5.74) is 2.50. The smallest absolute Gasteiger partial charge is 0.262 e. The summed E-state index contributed by atoms with van der Waals surface area (Å²) in [6, 6.07) is 7.10. The maximum absolute atomic E-state index is 12.2.